The van der Waals surface area contributed by atoms with Gasteiger partial charge in [-0.25, -0.2) is 0 Å². The van der Waals surface area contributed by atoms with Crippen molar-refractivity contribution in [1.29, 1.82) is 0 Å². The molecule has 8 nitrogen and oxygen atoms in total. The van der Waals surface area contributed by atoms with Crippen molar-refractivity contribution in [3.63, 3.8) is 0 Å². The molecule has 110 valence electrons. The van der Waals surface area contributed by atoms with E-state index < -0.39 is 30.5 Å². The molecule has 3 heterocycles. The number of aliphatic hydroxyl groups is 3. The van der Waals surface area contributed by atoms with Crippen LogP contribution in [0.3, 0.4) is 0 Å². The van der Waals surface area contributed by atoms with E-state index in [9.17, 15) is 15.3 Å². The van der Waals surface area contributed by atoms with Crippen molar-refractivity contribution in [3.8, 4) is 0 Å². The molecule has 2 aliphatic heterocycles. The average molecular weight is 281 g/mol. The van der Waals surface area contributed by atoms with Crippen molar-refractivity contribution in [3.05, 3.63) is 28.8 Å². The maximum atomic E-state index is 10.1. The fourth-order valence-electron chi connectivity index (χ4n) is 2.89. The zero-order valence-electron chi connectivity index (χ0n) is 10.7. The number of aromatic nitrogens is 1. The van der Waals surface area contributed by atoms with E-state index in [1.165, 1.54) is 0 Å². The summed E-state index contributed by atoms with van der Waals surface area (Å²) >= 11 is 0. The summed E-state index contributed by atoms with van der Waals surface area (Å²) in [5, 5.41) is 35.1. The highest BCUT2D eigenvalue weighted by molar-refractivity contribution is 5.62. The molecule has 0 saturated carbocycles. The van der Waals surface area contributed by atoms with E-state index in [1.807, 2.05) is 0 Å². The van der Waals surface area contributed by atoms with Crippen LogP contribution in [0.1, 0.15) is 29.0 Å². The van der Waals surface area contributed by atoms with Gasteiger partial charge in [0.1, 0.15) is 12.3 Å². The smallest absolute Gasteiger partial charge is 0.118 e. The van der Waals surface area contributed by atoms with Gasteiger partial charge in [0.25, 0.3) is 0 Å². The maximum absolute atomic E-state index is 10.1. The van der Waals surface area contributed by atoms with Gasteiger partial charge in [0.05, 0.1) is 36.3 Å². The third kappa shape index (κ3) is 1.89. The van der Waals surface area contributed by atoms with Crippen LogP contribution in [0.4, 0.5) is 0 Å². The summed E-state index contributed by atoms with van der Waals surface area (Å²) in [6.07, 6.45) is 0.993. The molecule has 5 atom stereocenters. The highest BCUT2D eigenvalue weighted by Gasteiger charge is 2.42. The van der Waals surface area contributed by atoms with E-state index >= 15 is 0 Å². The molecule has 1 saturated heterocycles. The highest BCUT2D eigenvalue weighted by Crippen LogP contribution is 2.34. The Balaban J connectivity index is 1.97. The number of aliphatic hydroxyl groups excluding tert-OH is 3. The second-order valence-electron chi connectivity index (χ2n) is 5.21. The van der Waals surface area contributed by atoms with Gasteiger partial charge < -0.3 is 42.4 Å². The van der Waals surface area contributed by atoms with Crippen LogP contribution in [0, 0.1) is 0 Å². The fourth-order valence-corrected chi connectivity index (χ4v) is 2.89. The number of nitrogens with one attached hydrogen (secondary N) is 3. The largest absolute Gasteiger partial charge is 0.395 e. The lowest BCUT2D eigenvalue weighted by molar-refractivity contribution is 0.0194. The zero-order chi connectivity index (χ0) is 14.4. The topological polar surface area (TPSA) is 153 Å². The first-order chi connectivity index (χ1) is 9.52. The third-order valence-corrected chi connectivity index (χ3v) is 3.95. The van der Waals surface area contributed by atoms with Crippen molar-refractivity contribution in [2.75, 3.05) is 6.61 Å². The summed E-state index contributed by atoms with van der Waals surface area (Å²) < 4.78 is 0. The molecule has 8 heteroatoms. The molecule has 0 aromatic carbocycles. The van der Waals surface area contributed by atoms with Crippen molar-refractivity contribution < 1.29 is 15.3 Å². The maximum Gasteiger partial charge on any atom is 0.118 e. The Labute approximate surface area is 115 Å². The first-order valence-electron chi connectivity index (χ1n) is 6.46. The lowest BCUT2D eigenvalue weighted by atomic mass is 9.97. The molecular weight excluding hydrogens is 262 g/mol. The molecule has 0 aliphatic carbocycles. The fraction of sp³-hybridized carbons (Fsp3) is 0.500. The normalized spacial score (nSPS) is 36.4. The first-order valence-corrected chi connectivity index (χ1v) is 6.46. The quantitative estimate of drug-likeness (QED) is 0.300. The number of fused-ring (bicyclic) bond motifs is 1. The molecular formula is C12H19N5O3. The van der Waals surface area contributed by atoms with Crippen LogP contribution in [0.25, 0.3) is 6.08 Å². The van der Waals surface area contributed by atoms with E-state index in [1.54, 1.807) is 12.3 Å². The second-order valence-corrected chi connectivity index (χ2v) is 5.21. The van der Waals surface area contributed by atoms with Crippen LogP contribution in [-0.2, 0) is 0 Å². The Morgan fingerprint density at radius 3 is 2.65 bits per heavy atom. The number of rotatable bonds is 2. The van der Waals surface area contributed by atoms with Gasteiger partial charge in [0.2, 0.25) is 0 Å². The lowest BCUT2D eigenvalue weighted by Gasteiger charge is -2.22. The molecule has 0 spiro atoms. The van der Waals surface area contributed by atoms with Gasteiger partial charge in [0.15, 0.2) is 0 Å². The van der Waals surface area contributed by atoms with Crippen molar-refractivity contribution in [2.24, 2.45) is 11.5 Å². The monoisotopic (exact) mass is 281 g/mol. The van der Waals surface area contributed by atoms with Gasteiger partial charge in [-0.3, -0.25) is 0 Å². The van der Waals surface area contributed by atoms with Crippen LogP contribution >= 0.6 is 0 Å². The minimum Gasteiger partial charge on any atom is -0.395 e. The van der Waals surface area contributed by atoms with Crippen LogP contribution in [0.5, 0.6) is 0 Å². The van der Waals surface area contributed by atoms with E-state index in [-0.39, 0.29) is 6.61 Å². The predicted octanol–water partition coefficient (Wildman–Crippen LogP) is -2.44. The van der Waals surface area contributed by atoms with Gasteiger partial charge in [-0.2, -0.15) is 0 Å². The predicted molar refractivity (Wildman–Crippen MR) is 71.8 cm³/mol. The molecule has 2 aliphatic rings. The molecule has 1 aromatic rings. The number of H-pyrrole nitrogens is 1. The Kier molecular flexibility index (Phi) is 3.19. The molecule has 0 bridgehead atoms. The van der Waals surface area contributed by atoms with Crippen molar-refractivity contribution in [1.82, 2.24) is 15.6 Å². The first kappa shape index (κ1) is 13.4. The van der Waals surface area contributed by atoms with Gasteiger partial charge >= 0.3 is 0 Å². The molecule has 1 unspecified atom stereocenters. The Morgan fingerprint density at radius 1 is 1.25 bits per heavy atom. The number of nitrogens with two attached hydrogens (primary N) is 2. The van der Waals surface area contributed by atoms with Gasteiger partial charge in [-0.15, -0.1) is 0 Å². The van der Waals surface area contributed by atoms with E-state index in [0.29, 0.717) is 5.82 Å². The number of hydrogen-bond acceptors (Lipinski definition) is 7. The van der Waals surface area contributed by atoms with E-state index in [4.69, 9.17) is 11.5 Å². The standard InChI is InChI=1S/C12H19N5O3/c13-7-1-4-5(2-15-9(4)12(14)17-7)8-11(20)10(19)6(3-18)16-8/h1-2,6,8,10-12,15-20H,3,13-14H2/t6-,8+,10-,11+,12?/m1/s1. The summed E-state index contributed by atoms with van der Waals surface area (Å²) in [7, 11) is 0. The Morgan fingerprint density at radius 2 is 2.00 bits per heavy atom. The summed E-state index contributed by atoms with van der Waals surface area (Å²) in [5.74, 6) is 0.442. The molecule has 3 rings (SSSR count). The minimum absolute atomic E-state index is 0.250. The Hall–Kier alpha value is -1.58. The van der Waals surface area contributed by atoms with Gasteiger partial charge in [-0.1, -0.05) is 0 Å². The lowest BCUT2D eigenvalue weighted by Crippen LogP contribution is -2.36. The van der Waals surface area contributed by atoms with Crippen molar-refractivity contribution >= 4 is 6.08 Å². The van der Waals surface area contributed by atoms with E-state index in [0.717, 1.165) is 16.8 Å². The molecule has 10 N–H and O–H groups in total. The molecule has 1 fully saturated rings. The second kappa shape index (κ2) is 4.76. The van der Waals surface area contributed by atoms with Crippen LogP contribution in [-0.4, -0.2) is 45.2 Å². The van der Waals surface area contributed by atoms with Crippen LogP contribution in [0.15, 0.2) is 12.0 Å². The summed E-state index contributed by atoms with van der Waals surface area (Å²) in [5.41, 5.74) is 14.0. The van der Waals surface area contributed by atoms with E-state index in [2.05, 4.69) is 15.6 Å². The van der Waals surface area contributed by atoms with Gasteiger partial charge in [-0.05, 0) is 11.6 Å². The zero-order valence-corrected chi connectivity index (χ0v) is 10.7. The number of aromatic amines is 1. The van der Waals surface area contributed by atoms with Crippen LogP contribution < -0.4 is 22.1 Å². The van der Waals surface area contributed by atoms with Crippen LogP contribution in [0.2, 0.25) is 0 Å². The summed E-state index contributed by atoms with van der Waals surface area (Å²) in [6, 6.07) is -1.05. The molecule has 0 amide bonds. The summed E-state index contributed by atoms with van der Waals surface area (Å²) in [4.78, 5) is 3.06. The minimum atomic E-state index is -1.02. The van der Waals surface area contributed by atoms with Crippen molar-refractivity contribution in [2.45, 2.75) is 30.5 Å². The molecule has 0 radical (unpaired) electrons. The number of hydrogen-bond donors (Lipinski definition) is 8. The Bertz CT molecular complexity index is 543. The SMILES string of the molecule is NC1=Cc2c([C@@H]3N[C@H](CO)[C@@H](O)[C@H]3O)c[nH]c2C(N)N1. The average Bonchev–Trinajstić information content (AvgIpc) is 2.93. The summed E-state index contributed by atoms with van der Waals surface area (Å²) in [6.45, 7) is -0.250. The third-order valence-electron chi connectivity index (χ3n) is 3.95. The van der Waals surface area contributed by atoms with Gasteiger partial charge in [0, 0.05) is 11.8 Å². The molecule has 1 aromatic heterocycles. The molecule has 20 heavy (non-hydrogen) atoms. The highest BCUT2D eigenvalue weighted by atomic mass is 16.3.